The van der Waals surface area contributed by atoms with Gasteiger partial charge in [0, 0.05) is 0 Å². The van der Waals surface area contributed by atoms with Crippen LogP contribution in [0.3, 0.4) is 0 Å². The summed E-state index contributed by atoms with van der Waals surface area (Å²) in [5, 5.41) is 4.06. The maximum absolute atomic E-state index is 12.4. The van der Waals surface area contributed by atoms with Gasteiger partial charge in [0.1, 0.15) is 18.1 Å². The molecule has 0 heterocycles. The molecular weight excluding hydrogens is 424 g/mol. The van der Waals surface area contributed by atoms with Crippen molar-refractivity contribution in [3.05, 3.63) is 120 Å². The monoisotopic (exact) mass is 450 g/mol. The van der Waals surface area contributed by atoms with Gasteiger partial charge in [0.05, 0.1) is 6.21 Å². The van der Waals surface area contributed by atoms with Crippen LogP contribution in [0.5, 0.6) is 11.5 Å². The van der Waals surface area contributed by atoms with Crippen LogP contribution in [0, 0.1) is 0 Å². The van der Waals surface area contributed by atoms with Crippen molar-refractivity contribution in [2.45, 2.75) is 19.6 Å². The highest BCUT2D eigenvalue weighted by Gasteiger charge is 2.14. The Labute approximate surface area is 199 Å². The lowest BCUT2D eigenvalue weighted by molar-refractivity contribution is -0.127. The Hall–Kier alpha value is -4.38. The van der Waals surface area contributed by atoms with E-state index in [1.807, 2.05) is 97.1 Å². The van der Waals surface area contributed by atoms with Crippen LogP contribution in [-0.4, -0.2) is 18.2 Å². The number of hydrogen-bond acceptors (Lipinski definition) is 4. The van der Waals surface area contributed by atoms with Crippen LogP contribution in [0.25, 0.3) is 11.1 Å². The third kappa shape index (κ3) is 6.56. The Bertz CT molecular complexity index is 1220. The third-order valence-electron chi connectivity index (χ3n) is 5.14. The number of amides is 1. The zero-order valence-corrected chi connectivity index (χ0v) is 18.9. The number of rotatable bonds is 9. The summed E-state index contributed by atoms with van der Waals surface area (Å²) >= 11 is 0. The van der Waals surface area contributed by atoms with E-state index in [1.54, 1.807) is 13.1 Å². The quantitative estimate of drug-likeness (QED) is 0.257. The Balaban J connectivity index is 1.27. The minimum Gasteiger partial charge on any atom is -0.489 e. The van der Waals surface area contributed by atoms with Crippen molar-refractivity contribution < 1.29 is 14.3 Å². The Morgan fingerprint density at radius 3 is 2.24 bits per heavy atom. The molecule has 0 radical (unpaired) electrons. The second-order valence-corrected chi connectivity index (χ2v) is 7.73. The molecule has 0 unspecified atom stereocenters. The number of nitrogens with zero attached hydrogens (tertiary/aromatic N) is 1. The van der Waals surface area contributed by atoms with Crippen LogP contribution < -0.4 is 14.9 Å². The highest BCUT2D eigenvalue weighted by atomic mass is 16.5. The largest absolute Gasteiger partial charge is 0.489 e. The molecule has 0 bridgehead atoms. The van der Waals surface area contributed by atoms with Crippen LogP contribution >= 0.6 is 0 Å². The van der Waals surface area contributed by atoms with E-state index in [-0.39, 0.29) is 5.91 Å². The van der Waals surface area contributed by atoms with Crippen molar-refractivity contribution in [2.24, 2.45) is 5.10 Å². The van der Waals surface area contributed by atoms with Gasteiger partial charge in [0.25, 0.3) is 5.91 Å². The Morgan fingerprint density at radius 1 is 0.824 bits per heavy atom. The van der Waals surface area contributed by atoms with Crippen LogP contribution in [0.1, 0.15) is 18.1 Å². The molecule has 170 valence electrons. The average molecular weight is 451 g/mol. The minimum absolute atomic E-state index is 0.333. The molecule has 34 heavy (non-hydrogen) atoms. The highest BCUT2D eigenvalue weighted by Crippen LogP contribution is 2.22. The molecule has 1 atom stereocenters. The van der Waals surface area contributed by atoms with E-state index in [9.17, 15) is 4.79 Å². The molecule has 0 saturated carbocycles. The first-order valence-corrected chi connectivity index (χ1v) is 11.1. The van der Waals surface area contributed by atoms with Gasteiger partial charge in [-0.25, -0.2) is 5.43 Å². The standard InChI is InChI=1S/C29H26N2O3/c1-22(34-27-17-15-26(16-18-27)25-12-6-3-7-13-25)29(32)31-30-20-24-11-8-14-28(19-24)33-21-23-9-4-2-5-10-23/h2-20,22H,21H2,1H3,(H,31,32)/b30-20-/t22-/m1/s1. The van der Waals surface area contributed by atoms with Crippen LogP contribution in [-0.2, 0) is 11.4 Å². The van der Waals surface area contributed by atoms with E-state index in [0.717, 1.165) is 28.0 Å². The summed E-state index contributed by atoms with van der Waals surface area (Å²) in [7, 11) is 0. The molecule has 1 N–H and O–H groups in total. The molecule has 1 amide bonds. The lowest BCUT2D eigenvalue weighted by Gasteiger charge is -2.13. The van der Waals surface area contributed by atoms with E-state index in [0.29, 0.717) is 12.4 Å². The molecule has 4 aromatic carbocycles. The summed E-state index contributed by atoms with van der Waals surface area (Å²) in [5.41, 5.74) is 6.66. The normalized spacial score (nSPS) is 11.7. The van der Waals surface area contributed by atoms with Crippen molar-refractivity contribution >= 4 is 12.1 Å². The summed E-state index contributed by atoms with van der Waals surface area (Å²) in [5.74, 6) is 1.02. The summed E-state index contributed by atoms with van der Waals surface area (Å²) in [6, 6.07) is 35.2. The maximum atomic E-state index is 12.4. The number of benzene rings is 4. The van der Waals surface area contributed by atoms with Gasteiger partial charge >= 0.3 is 0 Å². The summed E-state index contributed by atoms with van der Waals surface area (Å²) < 4.78 is 11.6. The predicted octanol–water partition coefficient (Wildman–Crippen LogP) is 5.85. The number of hydrogen-bond donors (Lipinski definition) is 1. The predicted molar refractivity (Wildman–Crippen MR) is 135 cm³/mol. The molecular formula is C29H26N2O3. The van der Waals surface area contributed by atoms with Crippen molar-refractivity contribution in [1.82, 2.24) is 5.43 Å². The first-order valence-electron chi connectivity index (χ1n) is 11.1. The molecule has 5 nitrogen and oxygen atoms in total. The molecule has 4 rings (SSSR count). The summed E-state index contributed by atoms with van der Waals surface area (Å²) in [6.07, 6.45) is 0.884. The maximum Gasteiger partial charge on any atom is 0.280 e. The van der Waals surface area contributed by atoms with Crippen molar-refractivity contribution in [3.63, 3.8) is 0 Å². The first-order chi connectivity index (χ1) is 16.7. The summed E-state index contributed by atoms with van der Waals surface area (Å²) in [4.78, 5) is 12.4. The van der Waals surface area contributed by atoms with Gasteiger partial charge < -0.3 is 9.47 Å². The number of nitrogens with one attached hydrogen (secondary N) is 1. The first kappa shape index (κ1) is 22.8. The smallest absolute Gasteiger partial charge is 0.280 e. The SMILES string of the molecule is C[C@@H](Oc1ccc(-c2ccccc2)cc1)C(=O)N/N=C\c1cccc(OCc2ccccc2)c1. The molecule has 0 aliphatic heterocycles. The Kier molecular flexibility index (Phi) is 7.70. The summed E-state index contributed by atoms with van der Waals surface area (Å²) in [6.45, 7) is 2.17. The molecule has 0 saturated heterocycles. The molecule has 0 aromatic heterocycles. The fourth-order valence-electron chi connectivity index (χ4n) is 3.30. The van der Waals surface area contributed by atoms with E-state index in [4.69, 9.17) is 9.47 Å². The molecule has 0 aliphatic carbocycles. The van der Waals surface area contributed by atoms with Gasteiger partial charge in [-0.2, -0.15) is 5.10 Å². The van der Waals surface area contributed by atoms with Crippen molar-refractivity contribution in [3.8, 4) is 22.6 Å². The molecule has 4 aromatic rings. The van der Waals surface area contributed by atoms with Gasteiger partial charge in [0.2, 0.25) is 0 Å². The van der Waals surface area contributed by atoms with Crippen molar-refractivity contribution in [2.75, 3.05) is 0 Å². The average Bonchev–Trinajstić information content (AvgIpc) is 2.89. The lowest BCUT2D eigenvalue weighted by atomic mass is 10.1. The van der Waals surface area contributed by atoms with Crippen LogP contribution in [0.2, 0.25) is 0 Å². The third-order valence-corrected chi connectivity index (χ3v) is 5.14. The van der Waals surface area contributed by atoms with Gasteiger partial charge in [-0.3, -0.25) is 4.79 Å². The molecule has 5 heteroatoms. The van der Waals surface area contributed by atoms with Gasteiger partial charge in [-0.05, 0) is 53.4 Å². The lowest BCUT2D eigenvalue weighted by Crippen LogP contribution is -2.33. The number of carbonyl (C=O) groups is 1. The highest BCUT2D eigenvalue weighted by molar-refractivity contribution is 5.84. The van der Waals surface area contributed by atoms with E-state index in [2.05, 4.69) is 22.7 Å². The molecule has 0 fully saturated rings. The number of ether oxygens (including phenoxy) is 2. The number of carbonyl (C=O) groups excluding carboxylic acids is 1. The second kappa shape index (κ2) is 11.5. The topological polar surface area (TPSA) is 59.9 Å². The molecule has 0 aliphatic rings. The zero-order chi connectivity index (χ0) is 23.6. The minimum atomic E-state index is -0.694. The van der Waals surface area contributed by atoms with Gasteiger partial charge in [-0.15, -0.1) is 0 Å². The van der Waals surface area contributed by atoms with Gasteiger partial charge in [-0.1, -0.05) is 84.9 Å². The fourth-order valence-corrected chi connectivity index (χ4v) is 3.30. The second-order valence-electron chi connectivity index (χ2n) is 7.73. The van der Waals surface area contributed by atoms with E-state index in [1.165, 1.54) is 0 Å². The van der Waals surface area contributed by atoms with Crippen LogP contribution in [0.15, 0.2) is 114 Å². The van der Waals surface area contributed by atoms with Gasteiger partial charge in [0.15, 0.2) is 6.10 Å². The van der Waals surface area contributed by atoms with Crippen LogP contribution in [0.4, 0.5) is 0 Å². The fraction of sp³-hybridized carbons (Fsp3) is 0.103. The van der Waals surface area contributed by atoms with E-state index >= 15 is 0 Å². The Morgan fingerprint density at radius 2 is 1.50 bits per heavy atom. The zero-order valence-electron chi connectivity index (χ0n) is 18.9. The van der Waals surface area contributed by atoms with Crippen molar-refractivity contribution in [1.29, 1.82) is 0 Å². The molecule has 0 spiro atoms. The number of hydrazone groups is 1. The van der Waals surface area contributed by atoms with E-state index < -0.39 is 6.10 Å².